The number of fused-ring (bicyclic) bond motifs is 1. The molecule has 1 atom stereocenters. The van der Waals surface area contributed by atoms with Crippen LogP contribution >= 0.6 is 11.6 Å². The number of halogens is 1. The van der Waals surface area contributed by atoms with E-state index in [-0.39, 0.29) is 6.04 Å². The van der Waals surface area contributed by atoms with Gasteiger partial charge < -0.3 is 20.9 Å². The Bertz CT molecular complexity index is 1170. The summed E-state index contributed by atoms with van der Waals surface area (Å²) < 4.78 is 0. The summed E-state index contributed by atoms with van der Waals surface area (Å²) in [6.45, 7) is 1.79. The summed E-state index contributed by atoms with van der Waals surface area (Å²) in [6.07, 6.45) is 7.41. The van der Waals surface area contributed by atoms with E-state index in [9.17, 15) is 0 Å². The number of anilines is 3. The first kappa shape index (κ1) is 18.7. The van der Waals surface area contributed by atoms with E-state index in [2.05, 4.69) is 31.2 Å². The molecule has 0 radical (unpaired) electrons. The largest absolute Gasteiger partial charge is 0.397 e. The number of benzene rings is 1. The van der Waals surface area contributed by atoms with Crippen LogP contribution in [0.2, 0.25) is 5.02 Å². The third kappa shape index (κ3) is 3.64. The molecule has 152 valence electrons. The molecular formula is C22H22ClN7. The van der Waals surface area contributed by atoms with Crippen molar-refractivity contribution in [3.05, 3.63) is 60.0 Å². The highest BCUT2D eigenvalue weighted by atomic mass is 35.5. The zero-order valence-electron chi connectivity index (χ0n) is 16.3. The Balaban J connectivity index is 1.37. The third-order valence-corrected chi connectivity index (χ3v) is 5.71. The summed E-state index contributed by atoms with van der Waals surface area (Å²) in [5.41, 5.74) is 9.18. The van der Waals surface area contributed by atoms with Gasteiger partial charge in [-0.3, -0.25) is 0 Å². The molecule has 1 fully saturated rings. The van der Waals surface area contributed by atoms with Crippen LogP contribution in [0.25, 0.3) is 22.2 Å². The van der Waals surface area contributed by atoms with Crippen LogP contribution in [0.4, 0.5) is 17.5 Å². The van der Waals surface area contributed by atoms with Gasteiger partial charge in [0.15, 0.2) is 0 Å². The zero-order valence-corrected chi connectivity index (χ0v) is 17.1. The lowest BCUT2D eigenvalue weighted by Gasteiger charge is -2.34. The standard InChI is InChI=1S/C22H22ClN7/c23-18-12-27-22(29-21(18)17-11-25-19-6-2-1-5-16(17)19)28-15-4-3-9-30(13-15)20-8-7-14(24)10-26-20/h1-2,5-8,10-12,15,25H,3-4,9,13,24H2,(H,27,28,29). The van der Waals surface area contributed by atoms with Crippen LogP contribution in [0.1, 0.15) is 12.8 Å². The first-order valence-corrected chi connectivity index (χ1v) is 10.4. The quantitative estimate of drug-likeness (QED) is 0.455. The number of piperidine rings is 1. The molecule has 1 unspecified atom stereocenters. The molecule has 0 saturated carbocycles. The summed E-state index contributed by atoms with van der Waals surface area (Å²) >= 11 is 6.45. The smallest absolute Gasteiger partial charge is 0.223 e. The van der Waals surface area contributed by atoms with Gasteiger partial charge in [-0.15, -0.1) is 0 Å². The van der Waals surface area contributed by atoms with Gasteiger partial charge in [-0.2, -0.15) is 0 Å². The van der Waals surface area contributed by atoms with Crippen molar-refractivity contribution in [2.24, 2.45) is 0 Å². The topological polar surface area (TPSA) is 95.8 Å². The molecule has 1 aromatic carbocycles. The van der Waals surface area contributed by atoms with Crippen LogP contribution in [0, 0.1) is 0 Å². The van der Waals surface area contributed by atoms with Crippen molar-refractivity contribution in [2.75, 3.05) is 29.0 Å². The minimum atomic E-state index is 0.218. The highest BCUT2D eigenvalue weighted by molar-refractivity contribution is 6.33. The maximum absolute atomic E-state index is 6.45. The van der Waals surface area contributed by atoms with Crippen molar-refractivity contribution >= 4 is 40.0 Å². The number of nitrogen functional groups attached to an aromatic ring is 1. The molecular weight excluding hydrogens is 398 g/mol. The summed E-state index contributed by atoms with van der Waals surface area (Å²) in [7, 11) is 0. The maximum Gasteiger partial charge on any atom is 0.223 e. The summed E-state index contributed by atoms with van der Waals surface area (Å²) in [5.74, 6) is 1.52. The van der Waals surface area contributed by atoms with Crippen molar-refractivity contribution in [3.63, 3.8) is 0 Å². The number of pyridine rings is 1. The van der Waals surface area contributed by atoms with Crippen molar-refractivity contribution in [1.82, 2.24) is 19.9 Å². The number of hydrogen-bond acceptors (Lipinski definition) is 6. The second kappa shape index (κ2) is 7.84. The number of hydrogen-bond donors (Lipinski definition) is 3. The first-order chi connectivity index (χ1) is 14.7. The molecule has 5 rings (SSSR count). The van der Waals surface area contributed by atoms with Crippen LogP contribution in [-0.2, 0) is 0 Å². The van der Waals surface area contributed by atoms with Gasteiger partial charge in [-0.1, -0.05) is 29.8 Å². The van der Waals surface area contributed by atoms with E-state index in [0.717, 1.165) is 53.9 Å². The summed E-state index contributed by atoms with van der Waals surface area (Å²) in [4.78, 5) is 19.2. The number of H-pyrrole nitrogens is 1. The molecule has 3 aromatic heterocycles. The van der Waals surface area contributed by atoms with E-state index in [1.165, 1.54) is 0 Å². The SMILES string of the molecule is Nc1ccc(N2CCCC(Nc3ncc(Cl)c(-c4c[nH]c5ccccc45)n3)C2)nc1. The number of nitrogens with one attached hydrogen (secondary N) is 2. The van der Waals surface area contributed by atoms with Crippen LogP contribution in [0.3, 0.4) is 0 Å². The van der Waals surface area contributed by atoms with E-state index in [1.807, 2.05) is 36.5 Å². The lowest BCUT2D eigenvalue weighted by atomic mass is 10.1. The zero-order chi connectivity index (χ0) is 20.5. The predicted octanol–water partition coefficient (Wildman–Crippen LogP) is 4.34. The van der Waals surface area contributed by atoms with Crippen LogP contribution < -0.4 is 16.0 Å². The molecule has 1 aliphatic rings. The predicted molar refractivity (Wildman–Crippen MR) is 122 cm³/mol. The third-order valence-electron chi connectivity index (χ3n) is 5.44. The van der Waals surface area contributed by atoms with Crippen LogP contribution in [0.5, 0.6) is 0 Å². The van der Waals surface area contributed by atoms with Gasteiger partial charge in [0.2, 0.25) is 5.95 Å². The lowest BCUT2D eigenvalue weighted by molar-refractivity contribution is 0.524. The fraction of sp³-hybridized carbons (Fsp3) is 0.227. The maximum atomic E-state index is 6.45. The van der Waals surface area contributed by atoms with E-state index in [0.29, 0.717) is 16.7 Å². The molecule has 30 heavy (non-hydrogen) atoms. The van der Waals surface area contributed by atoms with E-state index in [1.54, 1.807) is 12.4 Å². The molecule has 0 aliphatic carbocycles. The summed E-state index contributed by atoms with van der Waals surface area (Å²) in [6, 6.07) is 12.2. The molecule has 4 aromatic rings. The molecule has 1 saturated heterocycles. The molecule has 0 bridgehead atoms. The Morgan fingerprint density at radius 3 is 2.90 bits per heavy atom. The van der Waals surface area contributed by atoms with Gasteiger partial charge in [0.05, 0.1) is 28.8 Å². The lowest BCUT2D eigenvalue weighted by Crippen LogP contribution is -2.42. The van der Waals surface area contributed by atoms with E-state index in [4.69, 9.17) is 22.3 Å². The van der Waals surface area contributed by atoms with Crippen molar-refractivity contribution in [2.45, 2.75) is 18.9 Å². The van der Waals surface area contributed by atoms with Gasteiger partial charge in [0.1, 0.15) is 5.82 Å². The van der Waals surface area contributed by atoms with Crippen molar-refractivity contribution in [1.29, 1.82) is 0 Å². The van der Waals surface area contributed by atoms with Gasteiger partial charge in [0.25, 0.3) is 0 Å². The Kier molecular flexibility index (Phi) is 4.88. The molecule has 0 amide bonds. The normalized spacial score (nSPS) is 16.7. The average Bonchev–Trinajstić information content (AvgIpc) is 3.20. The minimum absolute atomic E-state index is 0.218. The van der Waals surface area contributed by atoms with Crippen LogP contribution in [0.15, 0.2) is 55.0 Å². The van der Waals surface area contributed by atoms with Gasteiger partial charge in [-0.25, -0.2) is 15.0 Å². The number of nitrogens with two attached hydrogens (primary N) is 1. The van der Waals surface area contributed by atoms with Gasteiger partial charge >= 0.3 is 0 Å². The second-order valence-corrected chi connectivity index (χ2v) is 7.92. The Morgan fingerprint density at radius 1 is 1.13 bits per heavy atom. The second-order valence-electron chi connectivity index (χ2n) is 7.52. The molecule has 7 nitrogen and oxygen atoms in total. The summed E-state index contributed by atoms with van der Waals surface area (Å²) in [5, 5.41) is 5.10. The molecule has 0 spiro atoms. The number of aromatic nitrogens is 4. The Hall–Kier alpha value is -3.32. The Morgan fingerprint density at radius 2 is 2.03 bits per heavy atom. The molecule has 1 aliphatic heterocycles. The van der Waals surface area contributed by atoms with E-state index >= 15 is 0 Å². The highest BCUT2D eigenvalue weighted by Crippen LogP contribution is 2.32. The van der Waals surface area contributed by atoms with Gasteiger partial charge in [0, 0.05) is 41.8 Å². The fourth-order valence-electron chi connectivity index (χ4n) is 3.96. The fourth-order valence-corrected chi connectivity index (χ4v) is 4.16. The average molecular weight is 420 g/mol. The van der Waals surface area contributed by atoms with E-state index < -0.39 is 0 Å². The Labute approximate surface area is 179 Å². The minimum Gasteiger partial charge on any atom is -0.397 e. The first-order valence-electron chi connectivity index (χ1n) is 9.99. The number of para-hydroxylation sites is 1. The number of aromatic amines is 1. The molecule has 8 heteroatoms. The van der Waals surface area contributed by atoms with Gasteiger partial charge in [-0.05, 0) is 31.0 Å². The van der Waals surface area contributed by atoms with Crippen molar-refractivity contribution in [3.8, 4) is 11.3 Å². The number of rotatable bonds is 4. The van der Waals surface area contributed by atoms with Crippen LogP contribution in [-0.4, -0.2) is 39.1 Å². The molecule has 4 N–H and O–H groups in total. The van der Waals surface area contributed by atoms with Crippen molar-refractivity contribution < 1.29 is 0 Å². The molecule has 4 heterocycles. The highest BCUT2D eigenvalue weighted by Gasteiger charge is 2.22. The number of nitrogens with zero attached hydrogens (tertiary/aromatic N) is 4. The monoisotopic (exact) mass is 419 g/mol.